The molecule has 1 saturated carbocycles. The van der Waals surface area contributed by atoms with E-state index in [9.17, 15) is 5.26 Å². The van der Waals surface area contributed by atoms with Crippen LogP contribution in [0.15, 0.2) is 17.1 Å². The number of nitrogens with two attached hydrogens (primary N) is 2. The minimum Gasteiger partial charge on any atom is -0.493 e. The number of anilines is 3. The maximum atomic E-state index is 9.48. The lowest BCUT2D eigenvalue weighted by atomic mass is 9.94. The van der Waals surface area contributed by atoms with E-state index in [4.69, 9.17) is 37.8 Å². The van der Waals surface area contributed by atoms with Crippen molar-refractivity contribution >= 4 is 34.9 Å². The number of nitrogen functional groups attached to an aromatic ring is 2. The smallest absolute Gasteiger partial charge is 0.211 e. The molecule has 6 N–H and O–H groups in total. The third-order valence-electron chi connectivity index (χ3n) is 5.53. The van der Waals surface area contributed by atoms with Gasteiger partial charge in [-0.15, -0.1) is 0 Å². The molecule has 2 aromatic rings. The van der Waals surface area contributed by atoms with Crippen molar-refractivity contribution in [3.8, 4) is 23.8 Å². The van der Waals surface area contributed by atoms with Crippen LogP contribution in [0.25, 0.3) is 0 Å². The van der Waals surface area contributed by atoms with E-state index in [0.717, 1.165) is 25.7 Å². The molecule has 1 aromatic carbocycles. The molecule has 0 spiro atoms. The van der Waals surface area contributed by atoms with Gasteiger partial charge in [0.15, 0.2) is 17.7 Å². The molecule has 10 nitrogen and oxygen atoms in total. The zero-order valence-corrected chi connectivity index (χ0v) is 18.0. The van der Waals surface area contributed by atoms with Gasteiger partial charge in [0.25, 0.3) is 0 Å². The Kier molecular flexibility index (Phi) is 5.80. The number of nitrogens with one attached hydrogen (secondary N) is 2. The van der Waals surface area contributed by atoms with Gasteiger partial charge in [-0.1, -0.05) is 11.6 Å². The zero-order chi connectivity index (χ0) is 22.8. The molecule has 2 aliphatic rings. The van der Waals surface area contributed by atoms with E-state index in [-0.39, 0.29) is 35.0 Å². The molecule has 0 bridgehead atoms. The summed E-state index contributed by atoms with van der Waals surface area (Å²) in [6.45, 7) is 0. The third kappa shape index (κ3) is 3.77. The Hall–Kier alpha value is -3.89. The second kappa shape index (κ2) is 8.69. The average molecular weight is 453 g/mol. The Morgan fingerprint density at radius 1 is 1.22 bits per heavy atom. The Morgan fingerprint density at radius 2 is 1.97 bits per heavy atom. The molecular formula is C21H21ClN8O2. The van der Waals surface area contributed by atoms with Crippen molar-refractivity contribution in [3.63, 3.8) is 0 Å². The minimum atomic E-state index is -0.774. The highest BCUT2D eigenvalue weighted by Gasteiger charge is 2.32. The Balaban J connectivity index is 1.85. The number of halogens is 1. The first-order chi connectivity index (χ1) is 15.5. The number of rotatable bonds is 4. The topological polar surface area (TPSA) is 167 Å². The van der Waals surface area contributed by atoms with Crippen LogP contribution in [-0.2, 0) is 0 Å². The van der Waals surface area contributed by atoms with Crippen LogP contribution >= 0.6 is 11.6 Å². The van der Waals surface area contributed by atoms with Crippen molar-refractivity contribution in [2.24, 2.45) is 4.99 Å². The fraction of sp³-hybridized carbons (Fsp3) is 0.333. The highest BCUT2D eigenvalue weighted by molar-refractivity contribution is 6.31. The fourth-order valence-corrected chi connectivity index (χ4v) is 4.26. The summed E-state index contributed by atoms with van der Waals surface area (Å²) in [4.78, 5) is 8.79. The van der Waals surface area contributed by atoms with E-state index in [1.54, 1.807) is 19.2 Å². The second-order valence-electron chi connectivity index (χ2n) is 7.45. The third-order valence-corrected chi connectivity index (χ3v) is 5.86. The summed E-state index contributed by atoms with van der Waals surface area (Å²) in [6, 6.07) is 4.61. The van der Waals surface area contributed by atoms with E-state index >= 15 is 0 Å². The molecule has 0 radical (unpaired) electrons. The van der Waals surface area contributed by atoms with Gasteiger partial charge in [0.1, 0.15) is 29.3 Å². The number of hydrogen-bond donors (Lipinski definition) is 4. The number of aliphatic imine (C=N–C) groups is 1. The van der Waals surface area contributed by atoms with Crippen molar-refractivity contribution in [2.45, 2.75) is 37.8 Å². The quantitative estimate of drug-likeness (QED) is 0.402. The number of pyridine rings is 1. The number of guanidine groups is 1. The van der Waals surface area contributed by atoms with E-state index in [0.29, 0.717) is 27.6 Å². The van der Waals surface area contributed by atoms with Crippen LogP contribution in [0.3, 0.4) is 0 Å². The molecular weight excluding hydrogens is 432 g/mol. The van der Waals surface area contributed by atoms with Gasteiger partial charge in [-0.2, -0.15) is 10.5 Å². The average Bonchev–Trinajstić information content (AvgIpc) is 3.27. The molecule has 1 atom stereocenters. The Morgan fingerprint density at radius 3 is 2.62 bits per heavy atom. The van der Waals surface area contributed by atoms with Crippen LogP contribution < -0.4 is 31.6 Å². The van der Waals surface area contributed by atoms with Gasteiger partial charge in [0, 0.05) is 17.2 Å². The van der Waals surface area contributed by atoms with Crippen LogP contribution in [0, 0.1) is 22.8 Å². The number of hydrogen-bond acceptors (Lipinski definition) is 10. The van der Waals surface area contributed by atoms with Crippen LogP contribution in [0.4, 0.5) is 17.3 Å². The van der Waals surface area contributed by atoms with Crippen molar-refractivity contribution in [3.05, 3.63) is 33.8 Å². The lowest BCUT2D eigenvalue weighted by molar-refractivity contribution is 0.200. The van der Waals surface area contributed by atoms with Gasteiger partial charge in [0.2, 0.25) is 5.96 Å². The highest BCUT2D eigenvalue weighted by atomic mass is 35.5. The van der Waals surface area contributed by atoms with Crippen LogP contribution in [0.5, 0.6) is 11.5 Å². The second-order valence-corrected chi connectivity index (χ2v) is 7.86. The number of methoxy groups -OCH3 is 1. The van der Waals surface area contributed by atoms with Crippen molar-refractivity contribution in [1.82, 2.24) is 10.3 Å². The van der Waals surface area contributed by atoms with Crippen molar-refractivity contribution in [2.75, 3.05) is 23.9 Å². The SMILES string of the molecule is COc1cc(C2N=C(NC#N)Nc3nc(N)c(C#N)c(N)c32)c(Cl)cc1OC1CCCC1. The summed E-state index contributed by atoms with van der Waals surface area (Å²) >= 11 is 6.66. The first kappa shape index (κ1) is 21.3. The minimum absolute atomic E-state index is 0.0304. The van der Waals surface area contributed by atoms with Gasteiger partial charge >= 0.3 is 0 Å². The van der Waals surface area contributed by atoms with Crippen molar-refractivity contribution < 1.29 is 9.47 Å². The molecule has 0 amide bonds. The number of benzene rings is 1. The molecule has 1 unspecified atom stereocenters. The normalized spacial score (nSPS) is 17.4. The first-order valence-corrected chi connectivity index (χ1v) is 10.4. The summed E-state index contributed by atoms with van der Waals surface area (Å²) in [5, 5.41) is 24.2. The predicted molar refractivity (Wildman–Crippen MR) is 120 cm³/mol. The predicted octanol–water partition coefficient (Wildman–Crippen LogP) is 3.04. The molecule has 0 saturated heterocycles. The van der Waals surface area contributed by atoms with E-state index in [1.165, 1.54) is 0 Å². The molecule has 1 aliphatic carbocycles. The summed E-state index contributed by atoms with van der Waals surface area (Å²) in [5.41, 5.74) is 13.3. The fourth-order valence-electron chi connectivity index (χ4n) is 4.00. The molecule has 4 rings (SSSR count). The monoisotopic (exact) mass is 452 g/mol. The van der Waals surface area contributed by atoms with Crippen LogP contribution in [-0.4, -0.2) is 24.2 Å². The number of nitrogens with zero attached hydrogens (tertiary/aromatic N) is 4. The number of fused-ring (bicyclic) bond motifs is 1. The van der Waals surface area contributed by atoms with Crippen molar-refractivity contribution in [1.29, 1.82) is 10.5 Å². The molecule has 32 heavy (non-hydrogen) atoms. The van der Waals surface area contributed by atoms with Gasteiger partial charge in [-0.25, -0.2) is 9.98 Å². The number of ether oxygens (including phenoxy) is 2. The summed E-state index contributed by atoms with van der Waals surface area (Å²) in [5.74, 6) is 1.42. The van der Waals surface area contributed by atoms with Gasteiger partial charge in [0.05, 0.1) is 23.9 Å². The highest BCUT2D eigenvalue weighted by Crippen LogP contribution is 2.45. The Bertz CT molecular complexity index is 1180. The van der Waals surface area contributed by atoms with Crippen LogP contribution in [0.2, 0.25) is 5.02 Å². The number of nitriles is 2. The molecule has 11 heteroatoms. The summed E-state index contributed by atoms with van der Waals surface area (Å²) in [6.07, 6.45) is 6.16. The molecule has 2 heterocycles. The lowest BCUT2D eigenvalue weighted by Crippen LogP contribution is -2.32. The molecule has 1 fully saturated rings. The maximum absolute atomic E-state index is 9.48. The summed E-state index contributed by atoms with van der Waals surface area (Å²) in [7, 11) is 1.54. The Labute approximate surface area is 189 Å². The molecule has 1 aliphatic heterocycles. The lowest BCUT2D eigenvalue weighted by Gasteiger charge is -2.27. The maximum Gasteiger partial charge on any atom is 0.211 e. The standard InChI is InChI=1S/C21H21ClN8O2/c1-31-14-6-11(13(22)7-15(14)32-10-4-2-3-5-10)18-16-17(25)12(8-23)19(26)29-20(16)30-21(28-18)27-9-24/h6-7,10,18H,2-5H2,1H3,(H6,25,26,27,28,29,30). The summed E-state index contributed by atoms with van der Waals surface area (Å²) < 4.78 is 11.7. The molecule has 164 valence electrons. The van der Waals surface area contributed by atoms with E-state index in [2.05, 4.69) is 20.6 Å². The first-order valence-electron chi connectivity index (χ1n) is 9.99. The van der Waals surface area contributed by atoms with E-state index in [1.807, 2.05) is 12.3 Å². The molecule has 1 aromatic heterocycles. The zero-order valence-electron chi connectivity index (χ0n) is 17.3. The van der Waals surface area contributed by atoms with Gasteiger partial charge < -0.3 is 26.3 Å². The van der Waals surface area contributed by atoms with E-state index < -0.39 is 6.04 Å². The number of aromatic nitrogens is 1. The van der Waals surface area contributed by atoms with Gasteiger partial charge in [-0.3, -0.25) is 5.32 Å². The van der Waals surface area contributed by atoms with Crippen LogP contribution in [0.1, 0.15) is 48.4 Å². The largest absolute Gasteiger partial charge is 0.493 e. The van der Waals surface area contributed by atoms with Gasteiger partial charge in [-0.05, 0) is 31.7 Å².